The van der Waals surface area contributed by atoms with Gasteiger partial charge in [0.2, 0.25) is 5.91 Å². The predicted molar refractivity (Wildman–Crippen MR) is 100 cm³/mol. The molecule has 3 N–H and O–H groups in total. The average molecular weight is 372 g/mol. The van der Waals surface area contributed by atoms with Crippen LogP contribution in [0, 0.1) is 12.8 Å². The number of nitrogens with one attached hydrogen (secondary N) is 3. The Morgan fingerprint density at radius 1 is 1.37 bits per heavy atom. The highest BCUT2D eigenvalue weighted by atomic mass is 16.5. The third kappa shape index (κ3) is 4.39. The summed E-state index contributed by atoms with van der Waals surface area (Å²) < 4.78 is 5.39. The molecule has 0 bridgehead atoms. The van der Waals surface area contributed by atoms with E-state index >= 15 is 0 Å². The van der Waals surface area contributed by atoms with E-state index in [2.05, 4.69) is 36.4 Å². The summed E-state index contributed by atoms with van der Waals surface area (Å²) in [6.07, 6.45) is 4.48. The lowest BCUT2D eigenvalue weighted by Crippen LogP contribution is -2.53. The molecular formula is C19H28N6O2. The van der Waals surface area contributed by atoms with Crippen LogP contribution in [0.1, 0.15) is 42.5 Å². The molecule has 0 aromatic carbocycles. The summed E-state index contributed by atoms with van der Waals surface area (Å²) in [5, 5.41) is 10.6. The maximum Gasteiger partial charge on any atom is 0.223 e. The molecule has 0 radical (unpaired) electrons. The summed E-state index contributed by atoms with van der Waals surface area (Å²) in [6, 6.07) is 4.13. The number of aryl methyl sites for hydroxylation is 1. The summed E-state index contributed by atoms with van der Waals surface area (Å²) in [6.45, 7) is 5.87. The fourth-order valence-corrected chi connectivity index (χ4v) is 4.11. The molecule has 2 aliphatic heterocycles. The van der Waals surface area contributed by atoms with Crippen molar-refractivity contribution in [2.75, 3.05) is 26.3 Å². The van der Waals surface area contributed by atoms with Gasteiger partial charge in [0.1, 0.15) is 5.82 Å². The maximum atomic E-state index is 12.8. The van der Waals surface area contributed by atoms with Crippen LogP contribution in [0.5, 0.6) is 0 Å². The number of piperidine rings is 1. The van der Waals surface area contributed by atoms with Gasteiger partial charge in [0.25, 0.3) is 0 Å². The van der Waals surface area contributed by atoms with Crippen LogP contribution < -0.4 is 5.32 Å². The molecule has 2 aromatic rings. The van der Waals surface area contributed by atoms with Gasteiger partial charge in [-0.3, -0.25) is 14.8 Å². The second-order valence-corrected chi connectivity index (χ2v) is 7.61. The van der Waals surface area contributed by atoms with Crippen molar-refractivity contribution in [3.63, 3.8) is 0 Å². The van der Waals surface area contributed by atoms with Crippen LogP contribution in [-0.2, 0) is 16.1 Å². The van der Waals surface area contributed by atoms with Gasteiger partial charge in [-0.2, -0.15) is 5.10 Å². The van der Waals surface area contributed by atoms with E-state index in [4.69, 9.17) is 4.74 Å². The second kappa shape index (κ2) is 8.22. The first-order valence-corrected chi connectivity index (χ1v) is 9.80. The Labute approximate surface area is 159 Å². The Morgan fingerprint density at radius 3 is 2.93 bits per heavy atom. The van der Waals surface area contributed by atoms with Crippen molar-refractivity contribution in [1.29, 1.82) is 0 Å². The lowest BCUT2D eigenvalue weighted by atomic mass is 9.89. The molecule has 0 spiro atoms. The first-order chi connectivity index (χ1) is 13.2. The molecular weight excluding hydrogens is 344 g/mol. The average Bonchev–Trinajstić information content (AvgIpc) is 3.34. The minimum Gasteiger partial charge on any atom is -0.381 e. The zero-order valence-electron chi connectivity index (χ0n) is 15.8. The van der Waals surface area contributed by atoms with Crippen molar-refractivity contribution in [2.45, 2.75) is 44.7 Å². The number of amides is 1. The van der Waals surface area contributed by atoms with Gasteiger partial charge in [-0.05, 0) is 44.9 Å². The van der Waals surface area contributed by atoms with E-state index in [0.717, 1.165) is 50.5 Å². The number of carbonyl (C=O) groups excluding carboxylic acids is 1. The zero-order valence-corrected chi connectivity index (χ0v) is 15.8. The van der Waals surface area contributed by atoms with Gasteiger partial charge in [-0.25, -0.2) is 4.98 Å². The second-order valence-electron chi connectivity index (χ2n) is 7.61. The molecule has 2 aliphatic rings. The van der Waals surface area contributed by atoms with E-state index in [1.807, 2.05) is 19.2 Å². The first-order valence-electron chi connectivity index (χ1n) is 9.80. The van der Waals surface area contributed by atoms with Crippen molar-refractivity contribution in [2.24, 2.45) is 5.92 Å². The van der Waals surface area contributed by atoms with Gasteiger partial charge in [0, 0.05) is 50.0 Å². The van der Waals surface area contributed by atoms with Crippen LogP contribution in [0.4, 0.5) is 0 Å². The van der Waals surface area contributed by atoms with Gasteiger partial charge in [0.05, 0.1) is 6.04 Å². The molecule has 4 rings (SSSR count). The van der Waals surface area contributed by atoms with E-state index in [1.54, 1.807) is 0 Å². The molecule has 146 valence electrons. The van der Waals surface area contributed by atoms with Crippen molar-refractivity contribution in [3.05, 3.63) is 35.7 Å². The highest BCUT2D eigenvalue weighted by Gasteiger charge is 2.35. The minimum absolute atomic E-state index is 0.0132. The molecule has 0 saturated carbocycles. The molecule has 0 unspecified atom stereocenters. The molecule has 2 saturated heterocycles. The summed E-state index contributed by atoms with van der Waals surface area (Å²) in [7, 11) is 0. The lowest BCUT2D eigenvalue weighted by molar-refractivity contribution is -0.129. The molecule has 2 fully saturated rings. The number of nitrogens with zero attached hydrogens (tertiary/aromatic N) is 3. The summed E-state index contributed by atoms with van der Waals surface area (Å²) in [5.41, 5.74) is 1.19. The third-order valence-electron chi connectivity index (χ3n) is 5.62. The van der Waals surface area contributed by atoms with Gasteiger partial charge in [0.15, 0.2) is 5.82 Å². The Bertz CT molecular complexity index is 737. The summed E-state index contributed by atoms with van der Waals surface area (Å²) in [5.74, 6) is 1.95. The Balaban J connectivity index is 1.46. The fourth-order valence-electron chi connectivity index (χ4n) is 4.11. The van der Waals surface area contributed by atoms with Gasteiger partial charge < -0.3 is 15.0 Å². The predicted octanol–water partition coefficient (Wildman–Crippen LogP) is 1.34. The number of aromatic amines is 2. The highest BCUT2D eigenvalue weighted by molar-refractivity contribution is 5.79. The van der Waals surface area contributed by atoms with Crippen molar-refractivity contribution < 1.29 is 9.53 Å². The molecule has 0 aliphatic carbocycles. The Hall–Kier alpha value is -2.19. The fraction of sp³-hybridized carbons (Fsp3) is 0.632. The van der Waals surface area contributed by atoms with Crippen LogP contribution in [0.25, 0.3) is 0 Å². The third-order valence-corrected chi connectivity index (χ3v) is 5.62. The monoisotopic (exact) mass is 372 g/mol. The van der Waals surface area contributed by atoms with E-state index in [9.17, 15) is 4.79 Å². The number of hydrogen-bond acceptors (Lipinski definition) is 5. The lowest BCUT2D eigenvalue weighted by Gasteiger charge is -2.38. The largest absolute Gasteiger partial charge is 0.381 e. The van der Waals surface area contributed by atoms with Crippen molar-refractivity contribution >= 4 is 5.91 Å². The smallest absolute Gasteiger partial charge is 0.223 e. The number of aromatic nitrogens is 4. The molecule has 4 heterocycles. The first kappa shape index (κ1) is 18.2. The van der Waals surface area contributed by atoms with Gasteiger partial charge >= 0.3 is 0 Å². The SMILES string of the molecule is Cc1nc([C@H]2CCN(Cc3ccc[nH]3)C[C@H]2NC(=O)C2CCOCC2)n[nH]1. The molecule has 8 heteroatoms. The van der Waals surface area contributed by atoms with Crippen LogP contribution in [0.2, 0.25) is 0 Å². The number of H-pyrrole nitrogens is 2. The number of hydrogen-bond donors (Lipinski definition) is 3. The molecule has 2 atom stereocenters. The highest BCUT2D eigenvalue weighted by Crippen LogP contribution is 2.28. The van der Waals surface area contributed by atoms with Crippen LogP contribution in [0.3, 0.4) is 0 Å². The van der Waals surface area contributed by atoms with E-state index < -0.39 is 0 Å². The normalized spacial score (nSPS) is 24.8. The maximum absolute atomic E-state index is 12.8. The van der Waals surface area contributed by atoms with E-state index in [0.29, 0.717) is 13.2 Å². The Morgan fingerprint density at radius 2 is 2.22 bits per heavy atom. The number of rotatable bonds is 5. The minimum atomic E-state index is 0.0132. The molecule has 8 nitrogen and oxygen atoms in total. The number of carbonyl (C=O) groups is 1. The zero-order chi connectivity index (χ0) is 18.6. The topological polar surface area (TPSA) is 98.9 Å². The quantitative estimate of drug-likeness (QED) is 0.736. The summed E-state index contributed by atoms with van der Waals surface area (Å²) in [4.78, 5) is 23.0. The van der Waals surface area contributed by atoms with E-state index in [-0.39, 0.29) is 23.8 Å². The standard InChI is InChI=1S/C19H28N6O2/c1-13-21-18(24-23-13)16-4-8-25(11-15-3-2-7-20-15)12-17(16)22-19(26)14-5-9-27-10-6-14/h2-3,7,14,16-17,20H,4-6,8-12H2,1H3,(H,22,26)(H,21,23,24)/t16-,17+/m0/s1. The number of ether oxygens (including phenoxy) is 1. The molecule has 2 aromatic heterocycles. The van der Waals surface area contributed by atoms with Crippen molar-refractivity contribution in [3.8, 4) is 0 Å². The van der Waals surface area contributed by atoms with E-state index in [1.165, 1.54) is 5.69 Å². The van der Waals surface area contributed by atoms with Gasteiger partial charge in [-0.1, -0.05) is 0 Å². The van der Waals surface area contributed by atoms with Crippen LogP contribution in [-0.4, -0.2) is 63.3 Å². The molecule has 1 amide bonds. The Kier molecular flexibility index (Phi) is 5.54. The van der Waals surface area contributed by atoms with Crippen molar-refractivity contribution in [1.82, 2.24) is 30.4 Å². The van der Waals surface area contributed by atoms with Crippen LogP contribution in [0.15, 0.2) is 18.3 Å². The summed E-state index contributed by atoms with van der Waals surface area (Å²) >= 11 is 0. The van der Waals surface area contributed by atoms with Crippen LogP contribution >= 0.6 is 0 Å². The molecule has 27 heavy (non-hydrogen) atoms. The van der Waals surface area contributed by atoms with Gasteiger partial charge in [-0.15, -0.1) is 0 Å². The number of likely N-dealkylation sites (tertiary alicyclic amines) is 1.